The zero-order valence-electron chi connectivity index (χ0n) is 18.4. The Morgan fingerprint density at radius 2 is 1.67 bits per heavy atom. The van der Waals surface area contributed by atoms with Crippen molar-refractivity contribution in [2.75, 3.05) is 26.2 Å². The summed E-state index contributed by atoms with van der Waals surface area (Å²) < 4.78 is 0. The Morgan fingerprint density at radius 1 is 1.00 bits per heavy atom. The summed E-state index contributed by atoms with van der Waals surface area (Å²) in [6.07, 6.45) is 9.26. The second-order valence-electron chi connectivity index (χ2n) is 9.54. The van der Waals surface area contributed by atoms with E-state index in [1.807, 2.05) is 6.07 Å². The minimum Gasteiger partial charge on any atom is -0.351 e. The third-order valence-corrected chi connectivity index (χ3v) is 7.39. The summed E-state index contributed by atoms with van der Waals surface area (Å²) in [5.74, 6) is 1.21. The van der Waals surface area contributed by atoms with Crippen molar-refractivity contribution >= 4 is 11.8 Å². The molecule has 1 saturated heterocycles. The molecule has 4 rings (SSSR count). The Balaban J connectivity index is 1.36. The molecule has 1 aliphatic heterocycles. The SMILES string of the molecule is Cc1cccc(CNC(=O)[C@H](C2CCCC2)N2CCN(C(=O)C3CCCC3)CC2)c1. The van der Waals surface area contributed by atoms with Crippen LogP contribution in [-0.2, 0) is 16.1 Å². The van der Waals surface area contributed by atoms with E-state index in [9.17, 15) is 9.59 Å². The highest BCUT2D eigenvalue weighted by Gasteiger charge is 2.38. The minimum absolute atomic E-state index is 0.0546. The van der Waals surface area contributed by atoms with E-state index < -0.39 is 0 Å². The highest BCUT2D eigenvalue weighted by molar-refractivity contribution is 5.82. The van der Waals surface area contributed by atoms with Crippen molar-refractivity contribution in [2.24, 2.45) is 11.8 Å². The molecule has 0 radical (unpaired) electrons. The van der Waals surface area contributed by atoms with Gasteiger partial charge < -0.3 is 10.2 Å². The fraction of sp³-hybridized carbons (Fsp3) is 0.680. The highest BCUT2D eigenvalue weighted by atomic mass is 16.2. The van der Waals surface area contributed by atoms with Gasteiger partial charge in [0.25, 0.3) is 0 Å². The fourth-order valence-corrected chi connectivity index (χ4v) is 5.72. The molecule has 5 nitrogen and oxygen atoms in total. The van der Waals surface area contributed by atoms with Crippen molar-refractivity contribution in [3.8, 4) is 0 Å². The monoisotopic (exact) mass is 411 g/mol. The Labute approximate surface area is 181 Å². The van der Waals surface area contributed by atoms with Crippen LogP contribution in [0.1, 0.15) is 62.5 Å². The molecule has 1 aromatic carbocycles. The van der Waals surface area contributed by atoms with Crippen LogP contribution in [0.4, 0.5) is 0 Å². The van der Waals surface area contributed by atoms with E-state index in [1.165, 1.54) is 31.2 Å². The number of hydrogen-bond acceptors (Lipinski definition) is 3. The van der Waals surface area contributed by atoms with Crippen LogP contribution in [0.25, 0.3) is 0 Å². The number of amides is 2. The number of carbonyl (C=O) groups is 2. The van der Waals surface area contributed by atoms with Gasteiger partial charge in [-0.05, 0) is 44.1 Å². The number of nitrogens with one attached hydrogen (secondary N) is 1. The molecule has 1 N–H and O–H groups in total. The average Bonchev–Trinajstić information content (AvgIpc) is 3.47. The van der Waals surface area contributed by atoms with E-state index in [4.69, 9.17) is 0 Å². The molecule has 5 heteroatoms. The van der Waals surface area contributed by atoms with Crippen molar-refractivity contribution in [1.29, 1.82) is 0 Å². The topological polar surface area (TPSA) is 52.7 Å². The lowest BCUT2D eigenvalue weighted by molar-refractivity contribution is -0.138. The molecule has 3 aliphatic rings. The molecule has 2 aliphatic carbocycles. The van der Waals surface area contributed by atoms with Gasteiger partial charge in [0.15, 0.2) is 0 Å². The first-order valence-electron chi connectivity index (χ1n) is 12.0. The maximum absolute atomic E-state index is 13.3. The van der Waals surface area contributed by atoms with Crippen molar-refractivity contribution in [3.63, 3.8) is 0 Å². The normalized spacial score (nSPS) is 22.4. The summed E-state index contributed by atoms with van der Waals surface area (Å²) in [4.78, 5) is 30.5. The van der Waals surface area contributed by atoms with Gasteiger partial charge >= 0.3 is 0 Å². The van der Waals surface area contributed by atoms with Gasteiger partial charge in [-0.1, -0.05) is 55.5 Å². The molecule has 2 saturated carbocycles. The van der Waals surface area contributed by atoms with Gasteiger partial charge in [0.2, 0.25) is 11.8 Å². The third-order valence-electron chi connectivity index (χ3n) is 7.39. The molecule has 0 unspecified atom stereocenters. The Morgan fingerprint density at radius 3 is 2.33 bits per heavy atom. The van der Waals surface area contributed by atoms with Gasteiger partial charge in [-0.2, -0.15) is 0 Å². The van der Waals surface area contributed by atoms with Crippen LogP contribution < -0.4 is 5.32 Å². The largest absolute Gasteiger partial charge is 0.351 e. The van der Waals surface area contributed by atoms with Crippen molar-refractivity contribution < 1.29 is 9.59 Å². The van der Waals surface area contributed by atoms with E-state index in [-0.39, 0.29) is 17.9 Å². The number of hydrogen-bond donors (Lipinski definition) is 1. The molecular formula is C25H37N3O2. The molecule has 30 heavy (non-hydrogen) atoms. The second kappa shape index (κ2) is 9.95. The molecule has 164 valence electrons. The molecule has 0 spiro atoms. The van der Waals surface area contributed by atoms with Crippen LogP contribution >= 0.6 is 0 Å². The lowest BCUT2D eigenvalue weighted by Gasteiger charge is -2.41. The van der Waals surface area contributed by atoms with Gasteiger partial charge in [0.1, 0.15) is 0 Å². The van der Waals surface area contributed by atoms with Crippen LogP contribution in [0.5, 0.6) is 0 Å². The van der Waals surface area contributed by atoms with Gasteiger partial charge in [-0.25, -0.2) is 0 Å². The van der Waals surface area contributed by atoms with Crippen LogP contribution in [-0.4, -0.2) is 53.8 Å². The van der Waals surface area contributed by atoms with E-state index in [0.29, 0.717) is 18.4 Å². The van der Waals surface area contributed by atoms with E-state index in [0.717, 1.165) is 57.4 Å². The maximum Gasteiger partial charge on any atom is 0.237 e. The lowest BCUT2D eigenvalue weighted by atomic mass is 9.94. The number of aryl methyl sites for hydroxylation is 1. The van der Waals surface area contributed by atoms with Crippen LogP contribution in [0.2, 0.25) is 0 Å². The number of piperazine rings is 1. The molecule has 3 fully saturated rings. The Hall–Kier alpha value is -1.88. The van der Waals surface area contributed by atoms with Crippen LogP contribution in [0.3, 0.4) is 0 Å². The molecule has 0 aromatic heterocycles. The van der Waals surface area contributed by atoms with Gasteiger partial charge in [-0.15, -0.1) is 0 Å². The standard InChI is InChI=1S/C25H37N3O2/c1-19-7-6-8-20(17-19)18-26-24(29)23(21-9-2-3-10-21)27-13-15-28(16-14-27)25(30)22-11-4-5-12-22/h6-8,17,21-23H,2-5,9-16,18H2,1H3,(H,26,29)/t23-/m0/s1. The number of nitrogens with zero attached hydrogens (tertiary/aromatic N) is 2. The summed E-state index contributed by atoms with van der Waals surface area (Å²) in [6.45, 7) is 5.84. The minimum atomic E-state index is -0.0546. The highest BCUT2D eigenvalue weighted by Crippen LogP contribution is 2.32. The Kier molecular flexibility index (Phi) is 7.08. The van der Waals surface area contributed by atoms with Crippen LogP contribution in [0, 0.1) is 18.8 Å². The second-order valence-corrected chi connectivity index (χ2v) is 9.54. The van der Waals surface area contributed by atoms with Gasteiger partial charge in [-0.3, -0.25) is 14.5 Å². The van der Waals surface area contributed by atoms with E-state index in [2.05, 4.69) is 40.2 Å². The molecule has 1 aromatic rings. The fourth-order valence-electron chi connectivity index (χ4n) is 5.72. The summed E-state index contributed by atoms with van der Waals surface area (Å²) in [7, 11) is 0. The molecule has 0 bridgehead atoms. The average molecular weight is 412 g/mol. The molecule has 2 amide bonds. The third kappa shape index (κ3) is 5.05. The summed E-state index contributed by atoms with van der Waals surface area (Å²) >= 11 is 0. The van der Waals surface area contributed by atoms with Crippen molar-refractivity contribution in [2.45, 2.75) is 70.9 Å². The number of rotatable bonds is 6. The van der Waals surface area contributed by atoms with E-state index in [1.54, 1.807) is 0 Å². The number of carbonyl (C=O) groups excluding carboxylic acids is 2. The van der Waals surface area contributed by atoms with Gasteiger partial charge in [0, 0.05) is 38.6 Å². The zero-order chi connectivity index (χ0) is 20.9. The smallest absolute Gasteiger partial charge is 0.237 e. The predicted molar refractivity (Wildman–Crippen MR) is 119 cm³/mol. The Bertz CT molecular complexity index is 730. The first-order valence-corrected chi connectivity index (χ1v) is 12.0. The van der Waals surface area contributed by atoms with Gasteiger partial charge in [0.05, 0.1) is 6.04 Å². The molecule has 1 heterocycles. The first-order chi connectivity index (χ1) is 14.6. The summed E-state index contributed by atoms with van der Waals surface area (Å²) in [5.41, 5.74) is 2.37. The summed E-state index contributed by atoms with van der Waals surface area (Å²) in [6, 6.07) is 8.29. The predicted octanol–water partition coefficient (Wildman–Crippen LogP) is 3.50. The maximum atomic E-state index is 13.3. The summed E-state index contributed by atoms with van der Waals surface area (Å²) in [5, 5.41) is 3.22. The molecular weight excluding hydrogens is 374 g/mol. The quantitative estimate of drug-likeness (QED) is 0.779. The van der Waals surface area contributed by atoms with Crippen LogP contribution in [0.15, 0.2) is 24.3 Å². The zero-order valence-corrected chi connectivity index (χ0v) is 18.4. The van der Waals surface area contributed by atoms with Crippen molar-refractivity contribution in [3.05, 3.63) is 35.4 Å². The number of benzene rings is 1. The van der Waals surface area contributed by atoms with Crippen molar-refractivity contribution in [1.82, 2.24) is 15.1 Å². The lowest BCUT2D eigenvalue weighted by Crippen LogP contribution is -2.58. The van der Waals surface area contributed by atoms with E-state index >= 15 is 0 Å². The first kappa shape index (κ1) is 21.4. The molecule has 1 atom stereocenters.